The van der Waals surface area contributed by atoms with E-state index in [0.717, 1.165) is 5.75 Å². The molecule has 0 aliphatic heterocycles. The molecule has 5 nitrogen and oxygen atoms in total. The second-order valence-electron chi connectivity index (χ2n) is 4.21. The van der Waals surface area contributed by atoms with E-state index in [4.69, 9.17) is 10.00 Å². The second-order valence-corrected chi connectivity index (χ2v) is 4.21. The summed E-state index contributed by atoms with van der Waals surface area (Å²) in [7, 11) is 1.58. The number of carbonyl (C=O) groups is 1. The maximum atomic E-state index is 11.9. The average molecular weight is 261 g/mol. The third-order valence-electron chi connectivity index (χ3n) is 3.12. The zero-order valence-corrected chi connectivity index (χ0v) is 11.5. The molecule has 102 valence electrons. The van der Waals surface area contributed by atoms with Crippen molar-refractivity contribution in [1.29, 1.82) is 5.26 Å². The largest absolute Gasteiger partial charge is 0.497 e. The summed E-state index contributed by atoms with van der Waals surface area (Å²) in [6.45, 7) is 3.75. The minimum atomic E-state index is -0.809. The zero-order chi connectivity index (χ0) is 14.3. The molecule has 0 saturated heterocycles. The number of benzene rings is 1. The van der Waals surface area contributed by atoms with Crippen LogP contribution < -0.4 is 15.4 Å². The van der Waals surface area contributed by atoms with E-state index in [1.807, 2.05) is 13.8 Å². The molecule has 19 heavy (non-hydrogen) atoms. The van der Waals surface area contributed by atoms with Gasteiger partial charge in [0, 0.05) is 5.69 Å². The van der Waals surface area contributed by atoms with Gasteiger partial charge in [0.25, 0.3) is 0 Å². The maximum Gasteiger partial charge on any atom is 0.320 e. The molecule has 2 amide bonds. The first-order valence-electron chi connectivity index (χ1n) is 6.23. The summed E-state index contributed by atoms with van der Waals surface area (Å²) in [5.41, 5.74) is -0.159. The van der Waals surface area contributed by atoms with E-state index in [1.54, 1.807) is 31.4 Å². The van der Waals surface area contributed by atoms with Crippen LogP contribution in [0.2, 0.25) is 0 Å². The Balaban J connectivity index is 2.66. The normalized spacial score (nSPS) is 10.4. The van der Waals surface area contributed by atoms with Gasteiger partial charge in [0.2, 0.25) is 0 Å². The van der Waals surface area contributed by atoms with E-state index in [1.165, 1.54) is 0 Å². The molecule has 2 N–H and O–H groups in total. The summed E-state index contributed by atoms with van der Waals surface area (Å²) in [6, 6.07) is 8.77. The van der Waals surface area contributed by atoms with Crippen molar-refractivity contribution in [2.45, 2.75) is 32.2 Å². The zero-order valence-electron chi connectivity index (χ0n) is 11.5. The van der Waals surface area contributed by atoms with Crippen LogP contribution >= 0.6 is 0 Å². The van der Waals surface area contributed by atoms with Crippen LogP contribution in [0.3, 0.4) is 0 Å². The summed E-state index contributed by atoms with van der Waals surface area (Å²) in [5.74, 6) is 0.722. The number of hydrogen-bond donors (Lipinski definition) is 2. The molecule has 1 aromatic rings. The van der Waals surface area contributed by atoms with Crippen LogP contribution in [0.25, 0.3) is 0 Å². The van der Waals surface area contributed by atoms with E-state index in [0.29, 0.717) is 18.5 Å². The van der Waals surface area contributed by atoms with Crippen molar-refractivity contribution in [1.82, 2.24) is 5.32 Å². The van der Waals surface area contributed by atoms with Crippen LogP contribution in [0.5, 0.6) is 5.75 Å². The van der Waals surface area contributed by atoms with Gasteiger partial charge >= 0.3 is 6.03 Å². The third kappa shape index (κ3) is 3.88. The Morgan fingerprint density at radius 3 is 2.32 bits per heavy atom. The summed E-state index contributed by atoms with van der Waals surface area (Å²) < 4.78 is 5.04. The molecule has 5 heteroatoms. The third-order valence-corrected chi connectivity index (χ3v) is 3.12. The van der Waals surface area contributed by atoms with E-state index in [9.17, 15) is 4.79 Å². The highest BCUT2D eigenvalue weighted by molar-refractivity contribution is 5.90. The lowest BCUT2D eigenvalue weighted by atomic mass is 9.95. The minimum Gasteiger partial charge on any atom is -0.497 e. The quantitative estimate of drug-likeness (QED) is 0.855. The number of rotatable bonds is 5. The second kappa shape index (κ2) is 6.64. The molecule has 0 aliphatic rings. The van der Waals surface area contributed by atoms with Gasteiger partial charge in [-0.3, -0.25) is 0 Å². The molecular weight excluding hydrogens is 242 g/mol. The molecule has 1 rings (SSSR count). The SMILES string of the molecule is CCC(C#N)(CC)NC(=O)Nc1ccc(OC)cc1. The monoisotopic (exact) mass is 261 g/mol. The van der Waals surface area contributed by atoms with Crippen molar-refractivity contribution in [2.24, 2.45) is 0 Å². The number of hydrogen-bond acceptors (Lipinski definition) is 3. The van der Waals surface area contributed by atoms with Crippen LogP contribution in [-0.4, -0.2) is 18.7 Å². The number of ether oxygens (including phenoxy) is 1. The Morgan fingerprint density at radius 2 is 1.89 bits per heavy atom. The maximum absolute atomic E-state index is 11.9. The van der Waals surface area contributed by atoms with Gasteiger partial charge in [0.15, 0.2) is 0 Å². The topological polar surface area (TPSA) is 74.2 Å². The molecule has 1 aromatic carbocycles. The Labute approximate surface area is 113 Å². The lowest BCUT2D eigenvalue weighted by molar-refractivity contribution is 0.242. The van der Waals surface area contributed by atoms with E-state index in [-0.39, 0.29) is 6.03 Å². The molecule has 0 bridgehead atoms. The van der Waals surface area contributed by atoms with Crippen molar-refractivity contribution in [3.63, 3.8) is 0 Å². The standard InChI is InChI=1S/C14H19N3O2/c1-4-14(5-2,10-15)17-13(18)16-11-6-8-12(19-3)9-7-11/h6-9H,4-5H2,1-3H3,(H2,16,17,18). The summed E-state index contributed by atoms with van der Waals surface area (Å²) >= 11 is 0. The number of carbonyl (C=O) groups excluding carboxylic acids is 1. The molecule has 0 fully saturated rings. The molecular formula is C14H19N3O2. The molecule has 0 spiro atoms. The van der Waals surface area contributed by atoms with Crippen molar-refractivity contribution in [3.8, 4) is 11.8 Å². The van der Waals surface area contributed by atoms with Gasteiger partial charge < -0.3 is 15.4 Å². The van der Waals surface area contributed by atoms with Crippen LogP contribution in [0, 0.1) is 11.3 Å². The number of methoxy groups -OCH3 is 1. The number of anilines is 1. The molecule has 0 aromatic heterocycles. The number of nitriles is 1. The number of nitrogens with one attached hydrogen (secondary N) is 2. The first-order chi connectivity index (χ1) is 9.09. The van der Waals surface area contributed by atoms with Crippen molar-refractivity contribution in [2.75, 3.05) is 12.4 Å². The molecule has 0 saturated carbocycles. The van der Waals surface area contributed by atoms with Crippen LogP contribution in [0.1, 0.15) is 26.7 Å². The van der Waals surface area contributed by atoms with Gasteiger partial charge in [-0.15, -0.1) is 0 Å². The fraction of sp³-hybridized carbons (Fsp3) is 0.429. The Hall–Kier alpha value is -2.22. The fourth-order valence-electron chi connectivity index (χ4n) is 1.67. The Bertz CT molecular complexity index is 459. The number of urea groups is 1. The smallest absolute Gasteiger partial charge is 0.320 e. The van der Waals surface area contributed by atoms with Gasteiger partial charge in [-0.25, -0.2) is 4.79 Å². The van der Waals surface area contributed by atoms with Gasteiger partial charge in [-0.05, 0) is 37.1 Å². The highest BCUT2D eigenvalue weighted by Crippen LogP contribution is 2.16. The van der Waals surface area contributed by atoms with Crippen molar-refractivity contribution < 1.29 is 9.53 Å². The molecule has 0 unspecified atom stereocenters. The highest BCUT2D eigenvalue weighted by Gasteiger charge is 2.27. The lowest BCUT2D eigenvalue weighted by Gasteiger charge is -2.24. The summed E-state index contributed by atoms with van der Waals surface area (Å²) in [5, 5.41) is 14.6. The van der Waals surface area contributed by atoms with Crippen molar-refractivity contribution >= 4 is 11.7 Å². The molecule has 0 radical (unpaired) electrons. The first kappa shape index (κ1) is 14.8. The van der Waals surface area contributed by atoms with Gasteiger partial charge in [-0.2, -0.15) is 5.26 Å². The predicted molar refractivity (Wildman–Crippen MR) is 74.1 cm³/mol. The number of nitrogens with zero attached hydrogens (tertiary/aromatic N) is 1. The van der Waals surface area contributed by atoms with Crippen molar-refractivity contribution in [3.05, 3.63) is 24.3 Å². The summed E-state index contributed by atoms with van der Waals surface area (Å²) in [4.78, 5) is 11.9. The molecule has 0 atom stereocenters. The summed E-state index contributed by atoms with van der Waals surface area (Å²) in [6.07, 6.45) is 1.13. The van der Waals surface area contributed by atoms with Crippen LogP contribution in [-0.2, 0) is 0 Å². The predicted octanol–water partition coefficient (Wildman–Crippen LogP) is 2.90. The average Bonchev–Trinajstić information content (AvgIpc) is 2.46. The number of amides is 2. The Morgan fingerprint density at radius 1 is 1.32 bits per heavy atom. The van der Waals surface area contributed by atoms with E-state index >= 15 is 0 Å². The fourth-order valence-corrected chi connectivity index (χ4v) is 1.67. The van der Waals surface area contributed by atoms with Gasteiger partial charge in [0.05, 0.1) is 13.2 Å². The lowest BCUT2D eigenvalue weighted by Crippen LogP contribution is -2.48. The van der Waals surface area contributed by atoms with Gasteiger partial charge in [-0.1, -0.05) is 13.8 Å². The van der Waals surface area contributed by atoms with Crippen LogP contribution in [0.15, 0.2) is 24.3 Å². The van der Waals surface area contributed by atoms with E-state index < -0.39 is 5.54 Å². The highest BCUT2D eigenvalue weighted by atomic mass is 16.5. The Kier molecular flexibility index (Phi) is 5.19. The van der Waals surface area contributed by atoms with E-state index in [2.05, 4.69) is 16.7 Å². The molecule has 0 heterocycles. The first-order valence-corrected chi connectivity index (χ1v) is 6.23. The molecule has 0 aliphatic carbocycles. The van der Waals surface area contributed by atoms with Gasteiger partial charge in [0.1, 0.15) is 11.3 Å². The van der Waals surface area contributed by atoms with Crippen LogP contribution in [0.4, 0.5) is 10.5 Å². The minimum absolute atomic E-state index is 0.379.